The third-order valence-corrected chi connectivity index (χ3v) is 6.91. The van der Waals surface area contributed by atoms with Crippen molar-refractivity contribution in [2.24, 2.45) is 0 Å². The van der Waals surface area contributed by atoms with Crippen LogP contribution in [0, 0.1) is 0 Å². The largest absolute Gasteiger partial charge is 0.497 e. The highest BCUT2D eigenvalue weighted by Crippen LogP contribution is 2.32. The second kappa shape index (κ2) is 9.91. The van der Waals surface area contributed by atoms with Crippen molar-refractivity contribution in [2.75, 3.05) is 32.0 Å². The minimum atomic E-state index is -3.87. The Morgan fingerprint density at radius 2 is 1.73 bits per heavy atom. The Morgan fingerprint density at radius 1 is 1.00 bits per heavy atom. The average Bonchev–Trinajstić information content (AvgIpc) is 3.21. The molecule has 1 heterocycles. The van der Waals surface area contributed by atoms with Gasteiger partial charge in [0, 0.05) is 31.3 Å². The van der Waals surface area contributed by atoms with E-state index in [0.29, 0.717) is 33.7 Å². The standard InChI is InChI=1S/C24H25ClN2O5S/c1-27-12-11-21(16-27)32-24-13-17(9-10-23(24)25)26-33(28,29)22-8-4-7-20(15-22)31-19-6-3-5-18(14-19)30-2/h3-10,13-15,21,26H,11-12,16H2,1-2H3/t21-/m1/s1. The quantitative estimate of drug-likeness (QED) is 0.479. The van der Waals surface area contributed by atoms with E-state index >= 15 is 0 Å². The molecule has 1 aliphatic heterocycles. The Bertz CT molecular complexity index is 1240. The molecule has 0 bridgehead atoms. The van der Waals surface area contributed by atoms with Gasteiger partial charge >= 0.3 is 0 Å². The van der Waals surface area contributed by atoms with Gasteiger partial charge in [-0.2, -0.15) is 0 Å². The summed E-state index contributed by atoms with van der Waals surface area (Å²) in [6, 6.07) is 18.2. The zero-order chi connectivity index (χ0) is 23.4. The van der Waals surface area contributed by atoms with Gasteiger partial charge in [0.15, 0.2) is 0 Å². The number of ether oxygens (including phenoxy) is 3. The first-order valence-corrected chi connectivity index (χ1v) is 12.3. The van der Waals surface area contributed by atoms with Crippen LogP contribution in [0.3, 0.4) is 0 Å². The van der Waals surface area contributed by atoms with Crippen molar-refractivity contribution in [3.8, 4) is 23.0 Å². The predicted octanol–water partition coefficient (Wildman–Crippen LogP) is 5.02. The number of benzene rings is 3. The maximum atomic E-state index is 13.0. The third-order valence-electron chi connectivity index (χ3n) is 5.22. The number of rotatable bonds is 8. The van der Waals surface area contributed by atoms with Gasteiger partial charge in [-0.15, -0.1) is 0 Å². The highest BCUT2D eigenvalue weighted by molar-refractivity contribution is 7.92. The lowest BCUT2D eigenvalue weighted by Gasteiger charge is -2.16. The zero-order valence-electron chi connectivity index (χ0n) is 18.3. The van der Waals surface area contributed by atoms with Gasteiger partial charge < -0.3 is 19.1 Å². The molecule has 1 aliphatic rings. The lowest BCUT2D eigenvalue weighted by molar-refractivity contribution is 0.208. The number of anilines is 1. The maximum absolute atomic E-state index is 13.0. The van der Waals surface area contributed by atoms with Crippen LogP contribution in [0.4, 0.5) is 5.69 Å². The zero-order valence-corrected chi connectivity index (χ0v) is 19.9. The SMILES string of the molecule is COc1cccc(Oc2cccc(S(=O)(=O)Nc3ccc(Cl)c(O[C@@H]4CCN(C)C4)c3)c2)c1. The van der Waals surface area contributed by atoms with Gasteiger partial charge in [-0.3, -0.25) is 4.72 Å². The highest BCUT2D eigenvalue weighted by Gasteiger charge is 2.22. The Labute approximate surface area is 198 Å². The lowest BCUT2D eigenvalue weighted by Crippen LogP contribution is -2.21. The first-order valence-electron chi connectivity index (χ1n) is 10.4. The summed E-state index contributed by atoms with van der Waals surface area (Å²) >= 11 is 6.28. The molecule has 0 spiro atoms. The number of methoxy groups -OCH3 is 1. The molecule has 33 heavy (non-hydrogen) atoms. The van der Waals surface area contributed by atoms with E-state index in [1.165, 1.54) is 12.1 Å². The Kier molecular flexibility index (Phi) is 6.97. The number of likely N-dealkylation sites (tertiary alicyclic amines) is 1. The molecule has 7 nitrogen and oxygen atoms in total. The molecule has 1 fully saturated rings. The first kappa shape index (κ1) is 23.2. The summed E-state index contributed by atoms with van der Waals surface area (Å²) in [5.74, 6) is 2.01. The van der Waals surface area contributed by atoms with Crippen LogP contribution in [0.2, 0.25) is 5.02 Å². The van der Waals surface area contributed by atoms with Crippen molar-refractivity contribution < 1.29 is 22.6 Å². The predicted molar refractivity (Wildman–Crippen MR) is 128 cm³/mol. The van der Waals surface area contributed by atoms with E-state index < -0.39 is 10.0 Å². The number of hydrogen-bond donors (Lipinski definition) is 1. The van der Waals surface area contributed by atoms with Crippen LogP contribution in [0.1, 0.15) is 6.42 Å². The number of hydrogen-bond acceptors (Lipinski definition) is 6. The molecule has 0 amide bonds. The van der Waals surface area contributed by atoms with Crippen molar-refractivity contribution in [1.82, 2.24) is 4.90 Å². The average molecular weight is 489 g/mol. The normalized spacial score (nSPS) is 16.4. The van der Waals surface area contributed by atoms with E-state index in [4.69, 9.17) is 25.8 Å². The van der Waals surface area contributed by atoms with Crippen molar-refractivity contribution in [2.45, 2.75) is 17.4 Å². The van der Waals surface area contributed by atoms with E-state index in [1.807, 2.05) is 7.05 Å². The summed E-state index contributed by atoms with van der Waals surface area (Å²) in [5, 5.41) is 0.432. The van der Waals surface area contributed by atoms with Crippen molar-refractivity contribution in [3.63, 3.8) is 0 Å². The molecule has 0 aliphatic carbocycles. The van der Waals surface area contributed by atoms with E-state index in [-0.39, 0.29) is 11.0 Å². The summed E-state index contributed by atoms with van der Waals surface area (Å²) in [5.41, 5.74) is 0.361. The van der Waals surface area contributed by atoms with E-state index in [0.717, 1.165) is 19.5 Å². The second-order valence-electron chi connectivity index (χ2n) is 7.80. The monoisotopic (exact) mass is 488 g/mol. The summed E-state index contributed by atoms with van der Waals surface area (Å²) in [7, 11) is -0.272. The topological polar surface area (TPSA) is 77.1 Å². The molecule has 174 valence electrons. The van der Waals surface area contributed by atoms with Crippen LogP contribution in [0.25, 0.3) is 0 Å². The van der Waals surface area contributed by atoms with Gasteiger partial charge in [0.1, 0.15) is 29.1 Å². The minimum Gasteiger partial charge on any atom is -0.497 e. The lowest BCUT2D eigenvalue weighted by atomic mass is 10.3. The maximum Gasteiger partial charge on any atom is 0.262 e. The first-order chi connectivity index (χ1) is 15.8. The van der Waals surface area contributed by atoms with E-state index in [2.05, 4.69) is 9.62 Å². The summed E-state index contributed by atoms with van der Waals surface area (Å²) in [6.07, 6.45) is 0.910. The molecule has 0 saturated carbocycles. The number of sulfonamides is 1. The number of likely N-dealkylation sites (N-methyl/N-ethyl adjacent to an activating group) is 1. The van der Waals surface area contributed by atoms with E-state index in [9.17, 15) is 8.42 Å². The third kappa shape index (κ3) is 5.90. The Balaban J connectivity index is 1.50. The van der Waals surface area contributed by atoms with Crippen LogP contribution in [0.5, 0.6) is 23.0 Å². The van der Waals surface area contributed by atoms with Crippen LogP contribution in [0.15, 0.2) is 71.6 Å². The van der Waals surface area contributed by atoms with Gasteiger partial charge in [0.25, 0.3) is 10.0 Å². The van der Waals surface area contributed by atoms with Gasteiger partial charge in [-0.1, -0.05) is 23.7 Å². The minimum absolute atomic E-state index is 0.0183. The Hall–Kier alpha value is -2.94. The fraction of sp³-hybridized carbons (Fsp3) is 0.250. The molecule has 4 rings (SSSR count). The smallest absolute Gasteiger partial charge is 0.262 e. The van der Waals surface area contributed by atoms with E-state index in [1.54, 1.807) is 61.7 Å². The molecule has 0 aromatic heterocycles. The van der Waals surface area contributed by atoms with Crippen LogP contribution in [-0.4, -0.2) is 46.7 Å². The van der Waals surface area contributed by atoms with Crippen molar-refractivity contribution >= 4 is 27.3 Å². The molecule has 0 unspecified atom stereocenters. The summed E-state index contributed by atoms with van der Waals surface area (Å²) in [4.78, 5) is 2.24. The van der Waals surface area contributed by atoms with Gasteiger partial charge in [-0.05, 0) is 49.9 Å². The summed E-state index contributed by atoms with van der Waals surface area (Å²) in [6.45, 7) is 1.75. The fourth-order valence-electron chi connectivity index (χ4n) is 3.55. The van der Waals surface area contributed by atoms with Gasteiger partial charge in [0.2, 0.25) is 0 Å². The van der Waals surface area contributed by atoms with Crippen LogP contribution in [-0.2, 0) is 10.0 Å². The molecule has 0 radical (unpaired) electrons. The number of nitrogens with zero attached hydrogens (tertiary/aromatic N) is 1. The van der Waals surface area contributed by atoms with Crippen molar-refractivity contribution in [1.29, 1.82) is 0 Å². The molecule has 3 aromatic rings. The summed E-state index contributed by atoms with van der Waals surface area (Å²) < 4.78 is 45.6. The molecule has 1 saturated heterocycles. The Morgan fingerprint density at radius 3 is 2.45 bits per heavy atom. The molecular formula is C24H25ClN2O5S. The van der Waals surface area contributed by atoms with Crippen LogP contribution < -0.4 is 18.9 Å². The molecule has 1 atom stereocenters. The molecule has 9 heteroatoms. The molecule has 1 N–H and O–H groups in total. The fourth-order valence-corrected chi connectivity index (χ4v) is 4.79. The molecule has 3 aromatic carbocycles. The second-order valence-corrected chi connectivity index (χ2v) is 9.89. The number of nitrogens with one attached hydrogen (secondary N) is 1. The van der Waals surface area contributed by atoms with Crippen molar-refractivity contribution in [3.05, 3.63) is 71.8 Å². The highest BCUT2D eigenvalue weighted by atomic mass is 35.5. The van der Waals surface area contributed by atoms with Gasteiger partial charge in [-0.25, -0.2) is 8.42 Å². The van der Waals surface area contributed by atoms with Gasteiger partial charge in [0.05, 0.1) is 22.7 Å². The number of halogens is 1. The molecular weight excluding hydrogens is 464 g/mol. The van der Waals surface area contributed by atoms with Crippen LogP contribution >= 0.6 is 11.6 Å².